The van der Waals surface area contributed by atoms with Gasteiger partial charge in [-0.05, 0) is 140 Å². The average molecular weight is 729 g/mol. The van der Waals surface area contributed by atoms with Crippen molar-refractivity contribution in [2.45, 2.75) is 0 Å². The Hall–Kier alpha value is -7.54. The molecule has 58 heavy (non-hydrogen) atoms. The van der Waals surface area contributed by atoms with Gasteiger partial charge < -0.3 is 0 Å². The molecule has 0 unspecified atom stereocenters. The zero-order valence-corrected chi connectivity index (χ0v) is 31.5. The molecule has 0 heteroatoms. The van der Waals surface area contributed by atoms with Crippen LogP contribution >= 0.6 is 0 Å². The van der Waals surface area contributed by atoms with E-state index in [4.69, 9.17) is 0 Å². The van der Waals surface area contributed by atoms with Crippen LogP contribution in [0.15, 0.2) is 194 Å². The van der Waals surface area contributed by atoms with Gasteiger partial charge in [-0.15, -0.1) is 0 Å². The average Bonchev–Trinajstić information content (AvgIpc) is 3.29. The van der Waals surface area contributed by atoms with Gasteiger partial charge >= 0.3 is 0 Å². The summed E-state index contributed by atoms with van der Waals surface area (Å²) < 4.78 is 0. The highest BCUT2D eigenvalue weighted by Gasteiger charge is 2.19. The largest absolute Gasteiger partial charge is 0.0616 e. The highest BCUT2D eigenvalue weighted by atomic mass is 14.2. The third-order valence-corrected chi connectivity index (χ3v) is 13.4. The van der Waals surface area contributed by atoms with Gasteiger partial charge in [-0.25, -0.2) is 0 Å². The van der Waals surface area contributed by atoms with Crippen molar-refractivity contribution in [3.8, 4) is 0 Å². The fourth-order valence-electron chi connectivity index (χ4n) is 10.9. The highest BCUT2D eigenvalue weighted by Crippen LogP contribution is 2.48. The van der Waals surface area contributed by atoms with Gasteiger partial charge in [-0.3, -0.25) is 0 Å². The van der Waals surface area contributed by atoms with Crippen LogP contribution in [0.1, 0.15) is 0 Å². The van der Waals surface area contributed by atoms with Crippen LogP contribution in [-0.2, 0) is 0 Å². The predicted octanol–water partition coefficient (Wildman–Crippen LogP) is 16.7. The lowest BCUT2D eigenvalue weighted by Gasteiger charge is -2.18. The highest BCUT2D eigenvalue weighted by molar-refractivity contribution is 6.43. The Morgan fingerprint density at radius 1 is 0.121 bits per heavy atom. The lowest BCUT2D eigenvalue weighted by atomic mass is 9.85. The standard InChI is InChI=1S/C58H32/c1-3-7-46-33(5-1)9-11-35-13-15-37-17-19-39-21-23-41-25-27-43-29-31-45-32-30-44-28-26-42-24-22-40-20-18-38-16-14-36-12-10-34-6-2-4-8-47(34)49(36)51(38)53(40)55(42)57(44)58(45)56(43)54(41)52(39)50(37)48(35)46/h1-32H. The monoisotopic (exact) mass is 728 g/mol. The van der Waals surface area contributed by atoms with Gasteiger partial charge in [0.1, 0.15) is 0 Å². The van der Waals surface area contributed by atoms with Crippen molar-refractivity contribution in [3.05, 3.63) is 194 Å². The molecule has 0 aromatic heterocycles. The van der Waals surface area contributed by atoms with E-state index < -0.39 is 0 Å². The molecule has 0 radical (unpaired) electrons. The van der Waals surface area contributed by atoms with Crippen LogP contribution in [0.25, 0.3) is 140 Å². The zero-order chi connectivity index (χ0) is 37.6. The molecule has 0 aliphatic carbocycles. The third kappa shape index (κ3) is 3.94. The fraction of sp³-hybridized carbons (Fsp3) is 0. The molecule has 14 aromatic carbocycles. The molecule has 0 N–H and O–H groups in total. The van der Waals surface area contributed by atoms with E-state index in [1.54, 1.807) is 0 Å². The van der Waals surface area contributed by atoms with Gasteiger partial charge in [-0.2, -0.15) is 0 Å². The van der Waals surface area contributed by atoms with Crippen molar-refractivity contribution in [1.29, 1.82) is 0 Å². The van der Waals surface area contributed by atoms with E-state index in [9.17, 15) is 0 Å². The summed E-state index contributed by atoms with van der Waals surface area (Å²) in [5, 5.41) is 33.7. The molecule has 0 aliphatic heterocycles. The van der Waals surface area contributed by atoms with E-state index in [1.165, 1.54) is 140 Å². The van der Waals surface area contributed by atoms with E-state index in [0.717, 1.165) is 0 Å². The van der Waals surface area contributed by atoms with Crippen molar-refractivity contribution in [3.63, 3.8) is 0 Å². The summed E-state index contributed by atoms with van der Waals surface area (Å²) in [6.07, 6.45) is 0. The smallest absolute Gasteiger partial charge is 0.00139 e. The number of rotatable bonds is 0. The second-order valence-electron chi connectivity index (χ2n) is 16.3. The summed E-state index contributed by atoms with van der Waals surface area (Å²) in [5.41, 5.74) is 0. The van der Waals surface area contributed by atoms with E-state index in [2.05, 4.69) is 194 Å². The fourth-order valence-corrected chi connectivity index (χ4v) is 10.9. The Morgan fingerprint density at radius 3 is 0.500 bits per heavy atom. The maximum Gasteiger partial charge on any atom is -0.00139 e. The Labute approximate surface area is 332 Å². The molecule has 0 saturated carbocycles. The van der Waals surface area contributed by atoms with E-state index >= 15 is 0 Å². The molecule has 14 rings (SSSR count). The first kappa shape index (κ1) is 30.7. The van der Waals surface area contributed by atoms with Crippen LogP contribution in [0.4, 0.5) is 0 Å². The molecule has 0 atom stereocenters. The van der Waals surface area contributed by atoms with Crippen molar-refractivity contribution in [2.75, 3.05) is 0 Å². The van der Waals surface area contributed by atoms with Gasteiger partial charge in [0.25, 0.3) is 0 Å². The molecule has 0 fully saturated rings. The molecular formula is C58H32. The topological polar surface area (TPSA) is 0 Å². The quantitative estimate of drug-likeness (QED) is 0.136. The van der Waals surface area contributed by atoms with E-state index in [1.807, 2.05) is 0 Å². The molecule has 0 bridgehead atoms. The van der Waals surface area contributed by atoms with Crippen molar-refractivity contribution < 1.29 is 0 Å². The van der Waals surface area contributed by atoms with Crippen LogP contribution in [0, 0.1) is 0 Å². The zero-order valence-electron chi connectivity index (χ0n) is 31.5. The number of benzene rings is 14. The first-order valence-electron chi connectivity index (χ1n) is 20.3. The molecule has 0 heterocycles. The maximum absolute atomic E-state index is 2.35. The Bertz CT molecular complexity index is 3870. The molecular weight excluding hydrogens is 697 g/mol. The first-order chi connectivity index (χ1) is 28.8. The van der Waals surface area contributed by atoms with Crippen LogP contribution in [0.5, 0.6) is 0 Å². The predicted molar refractivity (Wildman–Crippen MR) is 254 cm³/mol. The normalized spacial score (nSPS) is 12.5. The first-order valence-corrected chi connectivity index (χ1v) is 20.3. The minimum absolute atomic E-state index is 1.26. The lowest BCUT2D eigenvalue weighted by Crippen LogP contribution is -1.90. The lowest BCUT2D eigenvalue weighted by molar-refractivity contribution is 1.79. The number of fused-ring (bicyclic) bond motifs is 25. The van der Waals surface area contributed by atoms with E-state index in [-0.39, 0.29) is 0 Å². The van der Waals surface area contributed by atoms with Crippen LogP contribution in [0.2, 0.25) is 0 Å². The Morgan fingerprint density at radius 2 is 0.276 bits per heavy atom. The van der Waals surface area contributed by atoms with Crippen molar-refractivity contribution in [2.24, 2.45) is 0 Å². The van der Waals surface area contributed by atoms with Crippen LogP contribution in [-0.4, -0.2) is 0 Å². The minimum atomic E-state index is 1.26. The second kappa shape index (κ2) is 11.1. The molecule has 264 valence electrons. The Balaban J connectivity index is 1.30. The van der Waals surface area contributed by atoms with Gasteiger partial charge in [0.05, 0.1) is 0 Å². The number of hydrogen-bond acceptors (Lipinski definition) is 0. The van der Waals surface area contributed by atoms with Gasteiger partial charge in [-0.1, -0.05) is 194 Å². The maximum atomic E-state index is 2.35. The Kier molecular flexibility index (Phi) is 5.85. The summed E-state index contributed by atoms with van der Waals surface area (Å²) in [4.78, 5) is 0. The summed E-state index contributed by atoms with van der Waals surface area (Å²) in [5.74, 6) is 0. The van der Waals surface area contributed by atoms with Crippen molar-refractivity contribution in [1.82, 2.24) is 0 Å². The number of hydrogen-bond donors (Lipinski definition) is 0. The summed E-state index contributed by atoms with van der Waals surface area (Å²) in [7, 11) is 0. The van der Waals surface area contributed by atoms with Crippen molar-refractivity contribution >= 4 is 140 Å². The van der Waals surface area contributed by atoms with Gasteiger partial charge in [0.2, 0.25) is 0 Å². The molecule has 14 aromatic rings. The molecule has 0 saturated heterocycles. The summed E-state index contributed by atoms with van der Waals surface area (Å²) >= 11 is 0. The van der Waals surface area contributed by atoms with E-state index in [0.29, 0.717) is 0 Å². The summed E-state index contributed by atoms with van der Waals surface area (Å²) in [6, 6.07) is 73.6. The van der Waals surface area contributed by atoms with Gasteiger partial charge in [0.15, 0.2) is 0 Å². The van der Waals surface area contributed by atoms with Crippen LogP contribution < -0.4 is 0 Å². The molecule has 0 nitrogen and oxygen atoms in total. The minimum Gasteiger partial charge on any atom is -0.0616 e. The summed E-state index contributed by atoms with van der Waals surface area (Å²) in [6.45, 7) is 0. The molecule has 0 spiro atoms. The van der Waals surface area contributed by atoms with Gasteiger partial charge in [0, 0.05) is 0 Å². The SMILES string of the molecule is c1ccc2c(c1)ccc1ccc3ccc4ccc5ccc6ccc7ccc8ccc9ccc%10ccc%11ccc%12ccc%13ccccc%13c%12c%11c%10c9c8c7c6c5c4c3c12. The van der Waals surface area contributed by atoms with Crippen LogP contribution in [0.3, 0.4) is 0 Å². The third-order valence-electron chi connectivity index (χ3n) is 13.4. The molecule has 0 amide bonds. The second-order valence-corrected chi connectivity index (χ2v) is 16.3. The molecule has 0 aliphatic rings.